The van der Waals surface area contributed by atoms with E-state index in [2.05, 4.69) is 10.1 Å². The molecular formula is C18H17F2NO5S. The Morgan fingerprint density at radius 1 is 1.07 bits per heavy atom. The summed E-state index contributed by atoms with van der Waals surface area (Å²) in [7, 11) is -2.61. The average Bonchev–Trinajstić information content (AvgIpc) is 2.64. The van der Waals surface area contributed by atoms with E-state index in [9.17, 15) is 26.8 Å². The van der Waals surface area contributed by atoms with E-state index in [0.29, 0.717) is 6.07 Å². The smallest absolute Gasteiger partial charge is 0.328 e. The van der Waals surface area contributed by atoms with Crippen molar-refractivity contribution in [3.63, 3.8) is 0 Å². The monoisotopic (exact) mass is 397 g/mol. The lowest BCUT2D eigenvalue weighted by molar-refractivity contribution is -0.142. The maximum Gasteiger partial charge on any atom is 0.328 e. The first-order valence-electron chi connectivity index (χ1n) is 7.85. The lowest BCUT2D eigenvalue weighted by atomic mass is 10.1. The summed E-state index contributed by atoms with van der Waals surface area (Å²) in [6.45, 7) is 0. The maximum atomic E-state index is 13.3. The molecule has 2 aromatic carbocycles. The molecule has 0 radical (unpaired) electrons. The Morgan fingerprint density at radius 3 is 2.22 bits per heavy atom. The number of amides is 1. The van der Waals surface area contributed by atoms with Gasteiger partial charge in [0.05, 0.1) is 17.8 Å². The van der Waals surface area contributed by atoms with Crippen molar-refractivity contribution in [1.29, 1.82) is 0 Å². The summed E-state index contributed by atoms with van der Waals surface area (Å²) in [5, 5.41) is 2.25. The number of carbonyl (C=O) groups is 2. The second-order valence-electron chi connectivity index (χ2n) is 5.63. The van der Waals surface area contributed by atoms with Crippen LogP contribution in [0.5, 0.6) is 0 Å². The van der Waals surface area contributed by atoms with Crippen LogP contribution >= 0.6 is 0 Å². The van der Waals surface area contributed by atoms with Crippen LogP contribution in [-0.2, 0) is 19.4 Å². The molecule has 27 heavy (non-hydrogen) atoms. The van der Waals surface area contributed by atoms with Crippen LogP contribution in [0.25, 0.3) is 0 Å². The number of ether oxygens (including phenoxy) is 1. The lowest BCUT2D eigenvalue weighted by Gasteiger charge is -2.16. The summed E-state index contributed by atoms with van der Waals surface area (Å²) in [5.41, 5.74) is -0.340. The second kappa shape index (κ2) is 8.72. The molecule has 0 fully saturated rings. The van der Waals surface area contributed by atoms with E-state index in [1.807, 2.05) is 0 Å². The molecule has 9 heteroatoms. The van der Waals surface area contributed by atoms with Gasteiger partial charge in [0.25, 0.3) is 5.91 Å². The molecule has 1 N–H and O–H groups in total. The predicted molar refractivity (Wildman–Crippen MR) is 92.7 cm³/mol. The third kappa shape index (κ3) is 5.58. The molecule has 0 heterocycles. The van der Waals surface area contributed by atoms with Crippen molar-refractivity contribution < 1.29 is 31.5 Å². The van der Waals surface area contributed by atoms with E-state index in [-0.39, 0.29) is 16.9 Å². The number of benzene rings is 2. The molecule has 0 aliphatic heterocycles. The molecule has 0 aliphatic rings. The van der Waals surface area contributed by atoms with Gasteiger partial charge in [-0.05, 0) is 30.7 Å². The molecular weight excluding hydrogens is 380 g/mol. The van der Waals surface area contributed by atoms with Crippen LogP contribution in [0, 0.1) is 11.6 Å². The summed E-state index contributed by atoms with van der Waals surface area (Å²) in [6, 6.07) is 8.51. The minimum absolute atomic E-state index is 0.0761. The number of sulfone groups is 1. The van der Waals surface area contributed by atoms with Crippen LogP contribution in [-0.4, -0.2) is 39.2 Å². The molecule has 0 aliphatic carbocycles. The van der Waals surface area contributed by atoms with E-state index in [1.54, 1.807) is 18.2 Å². The maximum absolute atomic E-state index is 13.3. The van der Waals surface area contributed by atoms with E-state index < -0.39 is 45.1 Å². The van der Waals surface area contributed by atoms with Crippen LogP contribution in [0.15, 0.2) is 53.4 Å². The van der Waals surface area contributed by atoms with E-state index in [0.717, 1.165) is 19.2 Å². The van der Waals surface area contributed by atoms with Gasteiger partial charge in [0.2, 0.25) is 0 Å². The molecule has 2 rings (SSSR count). The van der Waals surface area contributed by atoms with Gasteiger partial charge < -0.3 is 10.1 Å². The highest BCUT2D eigenvalue weighted by Crippen LogP contribution is 2.13. The molecule has 0 bridgehead atoms. The first-order chi connectivity index (χ1) is 12.7. The van der Waals surface area contributed by atoms with Crippen LogP contribution in [0.1, 0.15) is 16.8 Å². The van der Waals surface area contributed by atoms with E-state index in [4.69, 9.17) is 0 Å². The zero-order chi connectivity index (χ0) is 20.0. The summed E-state index contributed by atoms with van der Waals surface area (Å²) < 4.78 is 55.7. The Labute approximate surface area is 155 Å². The predicted octanol–water partition coefficient (Wildman–Crippen LogP) is 2.10. The van der Waals surface area contributed by atoms with Crippen molar-refractivity contribution in [1.82, 2.24) is 5.32 Å². The Morgan fingerprint density at radius 2 is 1.67 bits per heavy atom. The number of carbonyl (C=O) groups excluding carboxylic acids is 2. The van der Waals surface area contributed by atoms with Gasteiger partial charge in [-0.2, -0.15) is 0 Å². The topological polar surface area (TPSA) is 89.5 Å². The Bertz CT molecular complexity index is 912. The van der Waals surface area contributed by atoms with Crippen molar-refractivity contribution in [3.05, 3.63) is 65.7 Å². The van der Waals surface area contributed by atoms with E-state index >= 15 is 0 Å². The average molecular weight is 397 g/mol. The first kappa shape index (κ1) is 20.5. The summed E-state index contributed by atoms with van der Waals surface area (Å²) >= 11 is 0. The molecule has 0 unspecified atom stereocenters. The molecule has 0 saturated heterocycles. The molecule has 6 nitrogen and oxygen atoms in total. The van der Waals surface area contributed by atoms with Crippen molar-refractivity contribution in [2.75, 3.05) is 12.9 Å². The van der Waals surface area contributed by atoms with Gasteiger partial charge in [0, 0.05) is 11.6 Å². The highest BCUT2D eigenvalue weighted by atomic mass is 32.2. The Balaban J connectivity index is 2.14. The Hall–Kier alpha value is -2.81. The number of esters is 1. The number of nitrogens with one attached hydrogen (secondary N) is 1. The third-order valence-electron chi connectivity index (χ3n) is 3.69. The van der Waals surface area contributed by atoms with Gasteiger partial charge in [-0.1, -0.05) is 18.2 Å². The highest BCUT2D eigenvalue weighted by molar-refractivity contribution is 7.91. The van der Waals surface area contributed by atoms with Crippen molar-refractivity contribution in [2.24, 2.45) is 0 Å². The van der Waals surface area contributed by atoms with Gasteiger partial charge in [0.1, 0.15) is 17.7 Å². The molecule has 1 atom stereocenters. The number of hydrogen-bond donors (Lipinski definition) is 1. The van der Waals surface area contributed by atoms with Crippen molar-refractivity contribution >= 4 is 21.7 Å². The molecule has 0 spiro atoms. The fourth-order valence-electron chi connectivity index (χ4n) is 2.34. The second-order valence-corrected chi connectivity index (χ2v) is 7.74. The minimum Gasteiger partial charge on any atom is -0.467 e. The van der Waals surface area contributed by atoms with Gasteiger partial charge >= 0.3 is 5.97 Å². The van der Waals surface area contributed by atoms with Crippen LogP contribution in [0.2, 0.25) is 0 Å². The van der Waals surface area contributed by atoms with Gasteiger partial charge in [-0.25, -0.2) is 22.0 Å². The highest BCUT2D eigenvalue weighted by Gasteiger charge is 2.26. The molecule has 144 valence electrons. The number of methoxy groups -OCH3 is 1. The molecule has 1 amide bonds. The van der Waals surface area contributed by atoms with Gasteiger partial charge in [0.15, 0.2) is 9.84 Å². The third-order valence-corrected chi connectivity index (χ3v) is 5.46. The number of halogens is 2. The van der Waals surface area contributed by atoms with Crippen molar-refractivity contribution in [2.45, 2.75) is 17.4 Å². The molecule has 0 saturated carbocycles. The first-order valence-corrected chi connectivity index (χ1v) is 9.51. The zero-order valence-corrected chi connectivity index (χ0v) is 15.1. The quantitative estimate of drug-likeness (QED) is 0.723. The summed E-state index contributed by atoms with van der Waals surface area (Å²) in [5.74, 6) is -4.15. The number of hydrogen-bond acceptors (Lipinski definition) is 5. The molecule has 2 aromatic rings. The minimum atomic E-state index is -3.69. The molecule has 0 aromatic heterocycles. The lowest BCUT2D eigenvalue weighted by Crippen LogP contribution is -2.42. The van der Waals surface area contributed by atoms with Crippen LogP contribution in [0.4, 0.5) is 8.78 Å². The summed E-state index contributed by atoms with van der Waals surface area (Å²) in [4.78, 5) is 24.1. The van der Waals surface area contributed by atoms with Crippen LogP contribution < -0.4 is 5.32 Å². The van der Waals surface area contributed by atoms with Gasteiger partial charge in [-0.15, -0.1) is 0 Å². The Kier molecular flexibility index (Phi) is 6.62. The zero-order valence-electron chi connectivity index (χ0n) is 14.3. The number of rotatable bonds is 7. The van der Waals surface area contributed by atoms with Crippen molar-refractivity contribution in [3.8, 4) is 0 Å². The summed E-state index contributed by atoms with van der Waals surface area (Å²) in [6.07, 6.45) is -0.270. The van der Waals surface area contributed by atoms with Crippen LogP contribution in [0.3, 0.4) is 0 Å². The van der Waals surface area contributed by atoms with Gasteiger partial charge in [-0.3, -0.25) is 4.79 Å². The standard InChI is InChI=1S/C18H17F2NO5S/c1-26-18(23)16(7-8-27(24,25)15-5-3-2-4-6-15)21-17(22)12-9-13(19)11-14(20)10-12/h2-6,9-11,16H,7-8H2,1H3,(H,21,22)/t16-/m0/s1. The van der Waals surface area contributed by atoms with E-state index in [1.165, 1.54) is 12.1 Å². The largest absolute Gasteiger partial charge is 0.467 e. The SMILES string of the molecule is COC(=O)[C@H](CCS(=O)(=O)c1ccccc1)NC(=O)c1cc(F)cc(F)c1. The fourth-order valence-corrected chi connectivity index (χ4v) is 3.69. The fraction of sp³-hybridized carbons (Fsp3) is 0.222. The normalized spacial score (nSPS) is 12.3.